The Morgan fingerprint density at radius 1 is 1.03 bits per heavy atom. The van der Waals surface area contributed by atoms with Gasteiger partial charge < -0.3 is 26.8 Å². The van der Waals surface area contributed by atoms with Gasteiger partial charge in [0.2, 0.25) is 0 Å². The van der Waals surface area contributed by atoms with Crippen LogP contribution < -0.4 is 21.7 Å². The Kier molecular flexibility index (Phi) is 6.53. The summed E-state index contributed by atoms with van der Waals surface area (Å²) in [5.74, 6) is 0.378. The Bertz CT molecular complexity index is 1260. The van der Waals surface area contributed by atoms with Crippen molar-refractivity contribution in [3.63, 3.8) is 0 Å². The summed E-state index contributed by atoms with van der Waals surface area (Å²) in [7, 11) is 0. The van der Waals surface area contributed by atoms with E-state index in [0.717, 1.165) is 33.6 Å². The normalized spacial score (nSPS) is 11.0. The zero-order valence-electron chi connectivity index (χ0n) is 18.6. The van der Waals surface area contributed by atoms with Gasteiger partial charge in [-0.15, -0.1) is 0 Å². The number of aromatic nitrogens is 3. The van der Waals surface area contributed by atoms with E-state index in [2.05, 4.69) is 32.1 Å². The number of carbonyl (C=O) groups excluding carboxylic acids is 1. The molecule has 0 aliphatic rings. The van der Waals surface area contributed by atoms with Crippen molar-refractivity contribution in [3.05, 3.63) is 71.7 Å². The first-order valence-corrected chi connectivity index (χ1v) is 10.6. The van der Waals surface area contributed by atoms with E-state index in [-0.39, 0.29) is 12.6 Å². The Morgan fingerprint density at radius 2 is 1.73 bits per heavy atom. The topological polar surface area (TPSA) is 130 Å². The third kappa shape index (κ3) is 5.11. The molecule has 0 unspecified atom stereocenters. The van der Waals surface area contributed by atoms with E-state index in [1.807, 2.05) is 56.3 Å². The van der Waals surface area contributed by atoms with Gasteiger partial charge in [0.15, 0.2) is 5.82 Å². The standard InChI is InChI=1S/C24H27N7O2/c1-15-9-16(2)11-19(10-15)30-24(33)29-18-5-3-17(4-6-18)21-12-20(13-26-7-8-32)31-22(21)23(25)27-14-28-31/h3-6,9-12,14,26,32H,7-8,13H2,1-2H3,(H2,25,27,28)(H2,29,30,33). The van der Waals surface area contributed by atoms with Gasteiger partial charge in [-0.1, -0.05) is 18.2 Å². The van der Waals surface area contributed by atoms with Crippen LogP contribution in [0.4, 0.5) is 22.0 Å². The minimum absolute atomic E-state index is 0.0544. The monoisotopic (exact) mass is 445 g/mol. The first-order chi connectivity index (χ1) is 15.9. The van der Waals surface area contributed by atoms with Gasteiger partial charge in [0.25, 0.3) is 0 Å². The highest BCUT2D eigenvalue weighted by molar-refractivity contribution is 6.00. The molecule has 33 heavy (non-hydrogen) atoms. The lowest BCUT2D eigenvalue weighted by molar-refractivity contribution is 0.262. The molecular weight excluding hydrogens is 418 g/mol. The summed E-state index contributed by atoms with van der Waals surface area (Å²) in [5.41, 5.74) is 13.2. The fourth-order valence-corrected chi connectivity index (χ4v) is 3.85. The second-order valence-electron chi connectivity index (χ2n) is 7.89. The molecule has 0 saturated heterocycles. The van der Waals surface area contributed by atoms with Crippen molar-refractivity contribution in [3.8, 4) is 11.1 Å². The highest BCUT2D eigenvalue weighted by Crippen LogP contribution is 2.31. The number of fused-ring (bicyclic) bond motifs is 1. The minimum atomic E-state index is -0.308. The minimum Gasteiger partial charge on any atom is -0.395 e. The fourth-order valence-electron chi connectivity index (χ4n) is 3.85. The van der Waals surface area contributed by atoms with E-state index in [9.17, 15) is 4.79 Å². The molecule has 0 aliphatic carbocycles. The van der Waals surface area contributed by atoms with Crippen LogP contribution in [0, 0.1) is 13.8 Å². The Morgan fingerprint density at radius 3 is 2.42 bits per heavy atom. The number of nitrogens with two attached hydrogens (primary N) is 1. The van der Waals surface area contributed by atoms with Crippen LogP contribution in [0.1, 0.15) is 16.8 Å². The number of carbonyl (C=O) groups is 1. The molecule has 0 saturated carbocycles. The number of hydrogen-bond donors (Lipinski definition) is 5. The van der Waals surface area contributed by atoms with Crippen molar-refractivity contribution in [2.45, 2.75) is 20.4 Å². The average Bonchev–Trinajstić information content (AvgIpc) is 3.14. The summed E-state index contributed by atoms with van der Waals surface area (Å²) >= 11 is 0. The van der Waals surface area contributed by atoms with Gasteiger partial charge in [0, 0.05) is 30.0 Å². The number of nitrogens with one attached hydrogen (secondary N) is 3. The van der Waals surface area contributed by atoms with Crippen molar-refractivity contribution >= 4 is 28.7 Å². The molecule has 4 aromatic rings. The number of aryl methyl sites for hydroxylation is 2. The Labute approximate surface area is 191 Å². The van der Waals surface area contributed by atoms with Gasteiger partial charge in [-0.2, -0.15) is 5.10 Å². The first-order valence-electron chi connectivity index (χ1n) is 10.6. The summed E-state index contributed by atoms with van der Waals surface area (Å²) in [6.07, 6.45) is 1.42. The van der Waals surface area contributed by atoms with Gasteiger partial charge in [-0.25, -0.2) is 14.3 Å². The third-order valence-corrected chi connectivity index (χ3v) is 5.18. The van der Waals surface area contributed by atoms with Gasteiger partial charge in [-0.3, -0.25) is 0 Å². The summed E-state index contributed by atoms with van der Waals surface area (Å²) in [5, 5.41) is 22.2. The van der Waals surface area contributed by atoms with E-state index in [4.69, 9.17) is 10.8 Å². The summed E-state index contributed by atoms with van der Waals surface area (Å²) in [6, 6.07) is 15.1. The second-order valence-corrected chi connectivity index (χ2v) is 7.89. The molecule has 0 aliphatic heterocycles. The molecule has 0 bridgehead atoms. The van der Waals surface area contributed by atoms with Crippen LogP contribution in [0.25, 0.3) is 16.6 Å². The van der Waals surface area contributed by atoms with Crippen LogP contribution in [0.15, 0.2) is 54.9 Å². The third-order valence-electron chi connectivity index (χ3n) is 5.18. The number of nitrogens with zero attached hydrogens (tertiary/aromatic N) is 3. The number of rotatable bonds is 7. The van der Waals surface area contributed by atoms with Crippen molar-refractivity contribution in [1.82, 2.24) is 19.9 Å². The summed E-state index contributed by atoms with van der Waals surface area (Å²) < 4.78 is 1.76. The predicted molar refractivity (Wildman–Crippen MR) is 130 cm³/mol. The number of anilines is 3. The Balaban J connectivity index is 1.53. The van der Waals surface area contributed by atoms with Gasteiger partial charge in [0.1, 0.15) is 11.8 Å². The molecule has 0 spiro atoms. The summed E-state index contributed by atoms with van der Waals surface area (Å²) in [6.45, 7) is 5.04. The SMILES string of the molecule is Cc1cc(C)cc(NC(=O)Nc2ccc(-c3cc(CNCCO)n4ncnc(N)c34)cc2)c1. The molecule has 0 atom stereocenters. The molecule has 2 aromatic heterocycles. The summed E-state index contributed by atoms with van der Waals surface area (Å²) in [4.78, 5) is 16.6. The number of hydrogen-bond acceptors (Lipinski definition) is 6. The van der Waals surface area contributed by atoms with E-state index in [1.54, 1.807) is 4.52 Å². The quantitative estimate of drug-likeness (QED) is 0.278. The zero-order valence-corrected chi connectivity index (χ0v) is 18.6. The van der Waals surface area contributed by atoms with Crippen molar-refractivity contribution < 1.29 is 9.90 Å². The maximum Gasteiger partial charge on any atom is 0.323 e. The molecule has 2 heterocycles. The van der Waals surface area contributed by atoms with Gasteiger partial charge in [-0.05, 0) is 60.9 Å². The van der Waals surface area contributed by atoms with E-state index < -0.39 is 0 Å². The van der Waals surface area contributed by atoms with Crippen molar-refractivity contribution in [2.75, 3.05) is 29.5 Å². The molecule has 2 aromatic carbocycles. The lowest BCUT2D eigenvalue weighted by Crippen LogP contribution is -2.19. The molecule has 0 radical (unpaired) electrons. The van der Waals surface area contributed by atoms with Crippen LogP contribution in [-0.4, -0.2) is 38.9 Å². The molecule has 6 N–H and O–H groups in total. The number of amides is 2. The lowest BCUT2D eigenvalue weighted by atomic mass is 10.1. The largest absolute Gasteiger partial charge is 0.395 e. The Hall–Kier alpha value is -3.95. The lowest BCUT2D eigenvalue weighted by Gasteiger charge is -2.10. The number of aliphatic hydroxyl groups excluding tert-OH is 1. The van der Waals surface area contributed by atoms with Crippen LogP contribution in [0.2, 0.25) is 0 Å². The molecule has 0 fully saturated rings. The van der Waals surface area contributed by atoms with Gasteiger partial charge >= 0.3 is 6.03 Å². The van der Waals surface area contributed by atoms with E-state index in [1.165, 1.54) is 6.33 Å². The predicted octanol–water partition coefficient (Wildman–Crippen LogP) is 3.32. The average molecular weight is 446 g/mol. The van der Waals surface area contributed by atoms with Crippen molar-refractivity contribution in [2.24, 2.45) is 0 Å². The molecule has 9 heteroatoms. The number of aliphatic hydroxyl groups is 1. The molecule has 170 valence electrons. The van der Waals surface area contributed by atoms with Crippen LogP contribution >= 0.6 is 0 Å². The van der Waals surface area contributed by atoms with E-state index >= 15 is 0 Å². The van der Waals surface area contributed by atoms with Crippen molar-refractivity contribution in [1.29, 1.82) is 0 Å². The molecule has 4 rings (SSSR count). The van der Waals surface area contributed by atoms with E-state index in [0.29, 0.717) is 30.1 Å². The van der Waals surface area contributed by atoms with Crippen LogP contribution in [0.5, 0.6) is 0 Å². The number of urea groups is 1. The second kappa shape index (κ2) is 9.68. The molecule has 2 amide bonds. The van der Waals surface area contributed by atoms with Crippen LogP contribution in [0.3, 0.4) is 0 Å². The maximum absolute atomic E-state index is 12.4. The fraction of sp³-hybridized carbons (Fsp3) is 0.208. The molecular formula is C24H27N7O2. The maximum atomic E-state index is 12.4. The number of benzene rings is 2. The highest BCUT2D eigenvalue weighted by atomic mass is 16.3. The number of nitrogen functional groups attached to an aromatic ring is 1. The zero-order chi connectivity index (χ0) is 23.4. The smallest absolute Gasteiger partial charge is 0.323 e. The van der Waals surface area contributed by atoms with Gasteiger partial charge in [0.05, 0.1) is 12.3 Å². The molecule has 9 nitrogen and oxygen atoms in total. The highest BCUT2D eigenvalue weighted by Gasteiger charge is 2.15. The van der Waals surface area contributed by atoms with Crippen LogP contribution in [-0.2, 0) is 6.54 Å². The first kappa shape index (κ1) is 22.3.